The molecule has 0 saturated heterocycles. The second kappa shape index (κ2) is 6.36. The summed E-state index contributed by atoms with van der Waals surface area (Å²) in [5.74, 6) is 0.308. The average Bonchev–Trinajstić information content (AvgIpc) is 2.59. The third-order valence-corrected chi connectivity index (χ3v) is 3.52. The maximum Gasteiger partial charge on any atom is 0.257 e. The van der Waals surface area contributed by atoms with Crippen LogP contribution in [0.15, 0.2) is 59.0 Å². The zero-order valence-electron chi connectivity index (χ0n) is 12.6. The molecule has 1 heterocycles. The number of ether oxygens (including phenoxy) is 1. The molecule has 1 amide bonds. The highest BCUT2D eigenvalue weighted by atomic mass is 16.5. The van der Waals surface area contributed by atoms with Gasteiger partial charge in [0.25, 0.3) is 5.91 Å². The summed E-state index contributed by atoms with van der Waals surface area (Å²) < 4.78 is 10.6. The third-order valence-electron chi connectivity index (χ3n) is 3.52. The first kappa shape index (κ1) is 14.8. The molecule has 2 aromatic carbocycles. The number of methoxy groups -OCH3 is 1. The maximum atomic E-state index is 12.3. The van der Waals surface area contributed by atoms with Crippen molar-refractivity contribution < 1.29 is 13.9 Å². The predicted molar refractivity (Wildman–Crippen MR) is 86.2 cm³/mol. The Hall–Kier alpha value is -3.08. The molecule has 0 aliphatic heterocycles. The molecule has 5 heteroatoms. The summed E-state index contributed by atoms with van der Waals surface area (Å²) in [5.41, 5.74) is 1.54. The van der Waals surface area contributed by atoms with Crippen LogP contribution >= 0.6 is 0 Å². The minimum absolute atomic E-state index is 0.170. The lowest BCUT2D eigenvalue weighted by atomic mass is 10.1. The fourth-order valence-corrected chi connectivity index (χ4v) is 2.28. The quantitative estimate of drug-likeness (QED) is 0.778. The summed E-state index contributed by atoms with van der Waals surface area (Å²) in [6.07, 6.45) is 0. The van der Waals surface area contributed by atoms with Crippen molar-refractivity contribution in [3.8, 4) is 5.75 Å². The fraction of sp³-hybridized carbons (Fsp3) is 0.111. The first-order valence-electron chi connectivity index (χ1n) is 7.16. The van der Waals surface area contributed by atoms with Gasteiger partial charge in [0, 0.05) is 18.0 Å². The number of carbonyl (C=O) groups excluding carboxylic acids is 1. The van der Waals surface area contributed by atoms with Crippen LogP contribution in [0.25, 0.3) is 11.0 Å². The molecule has 5 nitrogen and oxygen atoms in total. The van der Waals surface area contributed by atoms with E-state index in [1.807, 2.05) is 30.3 Å². The van der Waals surface area contributed by atoms with Crippen LogP contribution in [0.5, 0.6) is 5.75 Å². The molecular weight excluding hydrogens is 292 g/mol. The van der Waals surface area contributed by atoms with Crippen LogP contribution in [0.4, 0.5) is 0 Å². The fourth-order valence-electron chi connectivity index (χ4n) is 2.28. The molecule has 0 aliphatic carbocycles. The molecule has 1 aromatic heterocycles. The molecule has 0 spiro atoms. The van der Waals surface area contributed by atoms with E-state index >= 15 is 0 Å². The summed E-state index contributed by atoms with van der Waals surface area (Å²) in [6.45, 7) is 0.403. The lowest BCUT2D eigenvalue weighted by molar-refractivity contribution is 0.0946. The van der Waals surface area contributed by atoms with Gasteiger partial charge in [0.15, 0.2) is 0 Å². The van der Waals surface area contributed by atoms with Gasteiger partial charge in [0.1, 0.15) is 16.9 Å². The van der Waals surface area contributed by atoms with Crippen molar-refractivity contribution in [3.63, 3.8) is 0 Å². The smallest absolute Gasteiger partial charge is 0.257 e. The summed E-state index contributed by atoms with van der Waals surface area (Å²) in [6, 6.07) is 16.5. The van der Waals surface area contributed by atoms with Crippen molar-refractivity contribution in [2.75, 3.05) is 7.11 Å². The van der Waals surface area contributed by atoms with Crippen molar-refractivity contribution in [1.82, 2.24) is 5.32 Å². The number of benzene rings is 2. The minimum atomic E-state index is -0.333. The Morgan fingerprint density at radius 3 is 2.70 bits per heavy atom. The SMILES string of the molecule is COc1ccc2cc(C(=O)NCc3ccccc3)c(=N)oc2c1. The molecule has 3 aromatic rings. The highest BCUT2D eigenvalue weighted by Crippen LogP contribution is 2.20. The van der Waals surface area contributed by atoms with E-state index in [2.05, 4.69) is 5.32 Å². The highest BCUT2D eigenvalue weighted by molar-refractivity contribution is 5.96. The molecule has 0 saturated carbocycles. The number of hydrogen-bond donors (Lipinski definition) is 2. The molecule has 3 rings (SSSR count). The van der Waals surface area contributed by atoms with Gasteiger partial charge in [-0.1, -0.05) is 30.3 Å². The van der Waals surface area contributed by atoms with Gasteiger partial charge in [-0.3, -0.25) is 10.2 Å². The first-order valence-corrected chi connectivity index (χ1v) is 7.16. The van der Waals surface area contributed by atoms with Gasteiger partial charge in [0.05, 0.1) is 7.11 Å². The molecular formula is C18H16N2O3. The number of nitrogens with one attached hydrogen (secondary N) is 2. The number of rotatable bonds is 4. The number of carbonyl (C=O) groups is 1. The number of fused-ring (bicyclic) bond motifs is 1. The van der Waals surface area contributed by atoms with Crippen molar-refractivity contribution >= 4 is 16.9 Å². The lowest BCUT2D eigenvalue weighted by Gasteiger charge is -2.07. The van der Waals surface area contributed by atoms with E-state index < -0.39 is 0 Å². The molecule has 23 heavy (non-hydrogen) atoms. The largest absolute Gasteiger partial charge is 0.497 e. The van der Waals surface area contributed by atoms with Crippen LogP contribution in [0.2, 0.25) is 0 Å². The zero-order chi connectivity index (χ0) is 16.2. The van der Waals surface area contributed by atoms with Gasteiger partial charge >= 0.3 is 0 Å². The van der Waals surface area contributed by atoms with Gasteiger partial charge in [-0.15, -0.1) is 0 Å². The van der Waals surface area contributed by atoms with E-state index in [0.717, 1.165) is 10.9 Å². The van der Waals surface area contributed by atoms with E-state index in [1.54, 1.807) is 31.4 Å². The van der Waals surface area contributed by atoms with Crippen molar-refractivity contribution in [2.24, 2.45) is 0 Å². The van der Waals surface area contributed by atoms with Crippen molar-refractivity contribution in [3.05, 3.63) is 71.3 Å². The van der Waals surface area contributed by atoms with Gasteiger partial charge in [-0.05, 0) is 23.8 Å². The van der Waals surface area contributed by atoms with E-state index in [-0.39, 0.29) is 17.0 Å². The Morgan fingerprint density at radius 2 is 1.96 bits per heavy atom. The number of amides is 1. The highest BCUT2D eigenvalue weighted by Gasteiger charge is 2.11. The van der Waals surface area contributed by atoms with Crippen LogP contribution in [0.3, 0.4) is 0 Å². The third kappa shape index (κ3) is 3.23. The van der Waals surface area contributed by atoms with E-state index in [4.69, 9.17) is 14.6 Å². The molecule has 0 bridgehead atoms. The molecule has 0 radical (unpaired) electrons. The van der Waals surface area contributed by atoms with E-state index in [0.29, 0.717) is 17.9 Å². The Labute approximate surface area is 133 Å². The summed E-state index contributed by atoms with van der Waals surface area (Å²) >= 11 is 0. The maximum absolute atomic E-state index is 12.3. The van der Waals surface area contributed by atoms with Gasteiger partial charge in [0.2, 0.25) is 5.55 Å². The molecule has 0 aliphatic rings. The van der Waals surface area contributed by atoms with Crippen molar-refractivity contribution in [2.45, 2.75) is 6.54 Å². The molecule has 2 N–H and O–H groups in total. The van der Waals surface area contributed by atoms with Crippen molar-refractivity contribution in [1.29, 1.82) is 5.41 Å². The van der Waals surface area contributed by atoms with E-state index in [1.165, 1.54) is 0 Å². The molecule has 0 atom stereocenters. The minimum Gasteiger partial charge on any atom is -0.497 e. The second-order valence-electron chi connectivity index (χ2n) is 5.06. The van der Waals surface area contributed by atoms with Crippen LogP contribution in [-0.2, 0) is 6.54 Å². The topological polar surface area (TPSA) is 75.3 Å². The normalized spacial score (nSPS) is 10.5. The lowest BCUT2D eigenvalue weighted by Crippen LogP contribution is -2.27. The zero-order valence-corrected chi connectivity index (χ0v) is 12.6. The Bertz CT molecular complexity index is 901. The van der Waals surface area contributed by atoms with E-state index in [9.17, 15) is 4.79 Å². The van der Waals surface area contributed by atoms with Gasteiger partial charge in [-0.2, -0.15) is 0 Å². The van der Waals surface area contributed by atoms with Crippen LogP contribution in [0.1, 0.15) is 15.9 Å². The predicted octanol–water partition coefficient (Wildman–Crippen LogP) is 2.85. The summed E-state index contributed by atoms with van der Waals surface area (Å²) in [5, 5.41) is 11.5. The Balaban J connectivity index is 1.85. The van der Waals surface area contributed by atoms with Crippen LogP contribution in [-0.4, -0.2) is 13.0 Å². The van der Waals surface area contributed by atoms with Gasteiger partial charge in [-0.25, -0.2) is 0 Å². The Kier molecular flexibility index (Phi) is 4.10. The molecule has 116 valence electrons. The average molecular weight is 308 g/mol. The monoisotopic (exact) mass is 308 g/mol. The number of hydrogen-bond acceptors (Lipinski definition) is 4. The molecule has 0 fully saturated rings. The summed E-state index contributed by atoms with van der Waals surface area (Å²) in [4.78, 5) is 12.3. The first-order chi connectivity index (χ1) is 11.2. The summed E-state index contributed by atoms with van der Waals surface area (Å²) in [7, 11) is 1.56. The standard InChI is InChI=1S/C18H16N2O3/c1-22-14-8-7-13-9-15(17(19)23-16(13)10-14)18(21)20-11-12-5-3-2-4-6-12/h2-10,19H,11H2,1H3,(H,20,21). The van der Waals surface area contributed by atoms with Crippen LogP contribution < -0.4 is 15.6 Å². The Morgan fingerprint density at radius 1 is 1.17 bits per heavy atom. The second-order valence-corrected chi connectivity index (χ2v) is 5.06. The van der Waals surface area contributed by atoms with Crippen LogP contribution in [0, 0.1) is 5.41 Å². The van der Waals surface area contributed by atoms with Gasteiger partial charge < -0.3 is 14.5 Å². The molecule has 0 unspecified atom stereocenters.